The lowest BCUT2D eigenvalue weighted by Gasteiger charge is -2.15. The first-order valence-electron chi connectivity index (χ1n) is 9.64. The number of nitrogens with zero attached hydrogens (tertiary/aromatic N) is 3. The van der Waals surface area contributed by atoms with E-state index in [4.69, 9.17) is 18.9 Å². The molecule has 0 spiro atoms. The highest BCUT2D eigenvalue weighted by Gasteiger charge is 2.17. The van der Waals surface area contributed by atoms with Gasteiger partial charge in [-0.3, -0.25) is 0 Å². The molecule has 0 bridgehead atoms. The molecule has 3 aromatic carbocycles. The third kappa shape index (κ3) is 3.90. The van der Waals surface area contributed by atoms with Gasteiger partial charge in [0.1, 0.15) is 5.75 Å². The predicted molar refractivity (Wildman–Crippen MR) is 118 cm³/mol. The summed E-state index contributed by atoms with van der Waals surface area (Å²) in [6, 6.07) is 19.9. The first-order chi connectivity index (χ1) is 15.2. The van der Waals surface area contributed by atoms with Crippen LogP contribution in [0.25, 0.3) is 28.1 Å². The molecular formula is C24H23N3O4. The minimum Gasteiger partial charge on any atom is -0.497 e. The molecule has 158 valence electrons. The largest absolute Gasteiger partial charge is 0.497 e. The Morgan fingerprint density at radius 2 is 1.19 bits per heavy atom. The van der Waals surface area contributed by atoms with Gasteiger partial charge in [-0.1, -0.05) is 41.6 Å². The van der Waals surface area contributed by atoms with E-state index in [0.29, 0.717) is 17.2 Å². The van der Waals surface area contributed by atoms with E-state index in [2.05, 4.69) is 22.4 Å². The molecular weight excluding hydrogens is 394 g/mol. The summed E-state index contributed by atoms with van der Waals surface area (Å²) in [7, 11) is 6.41. The number of benzene rings is 3. The smallest absolute Gasteiger partial charge is 0.203 e. The Labute approximate surface area is 180 Å². The van der Waals surface area contributed by atoms with Crippen LogP contribution in [-0.2, 0) is 0 Å². The third-order valence-electron chi connectivity index (χ3n) is 5.05. The predicted octanol–water partition coefficient (Wildman–Crippen LogP) is 4.64. The average molecular weight is 417 g/mol. The van der Waals surface area contributed by atoms with Gasteiger partial charge in [0.15, 0.2) is 11.5 Å². The highest BCUT2D eigenvalue weighted by Crippen LogP contribution is 2.40. The number of rotatable bonds is 7. The summed E-state index contributed by atoms with van der Waals surface area (Å²) in [6.45, 7) is 0. The first-order valence-corrected chi connectivity index (χ1v) is 9.64. The van der Waals surface area contributed by atoms with Crippen LogP contribution in [0.15, 0.2) is 66.9 Å². The van der Waals surface area contributed by atoms with E-state index in [9.17, 15) is 0 Å². The Morgan fingerprint density at radius 3 is 1.71 bits per heavy atom. The standard InChI is InChI=1S/C24H23N3O4/c1-28-20-11-9-17(10-12-20)16-5-7-18(8-6-16)21-15-25-26-27(21)19-13-22(29-2)24(31-4)23(14-19)30-3/h5-15H,1-4H3. The van der Waals surface area contributed by atoms with Crippen LogP contribution in [0.5, 0.6) is 23.0 Å². The van der Waals surface area contributed by atoms with E-state index in [1.54, 1.807) is 39.3 Å². The maximum Gasteiger partial charge on any atom is 0.203 e. The molecule has 31 heavy (non-hydrogen) atoms. The molecule has 0 atom stereocenters. The van der Waals surface area contributed by atoms with Gasteiger partial charge in [0.25, 0.3) is 0 Å². The number of ether oxygens (including phenoxy) is 4. The van der Waals surface area contributed by atoms with Crippen molar-refractivity contribution in [3.63, 3.8) is 0 Å². The number of aromatic nitrogens is 3. The van der Waals surface area contributed by atoms with Crippen LogP contribution in [0.2, 0.25) is 0 Å². The van der Waals surface area contributed by atoms with Crippen molar-refractivity contribution in [2.75, 3.05) is 28.4 Å². The van der Waals surface area contributed by atoms with Gasteiger partial charge < -0.3 is 18.9 Å². The van der Waals surface area contributed by atoms with Crippen molar-refractivity contribution in [3.8, 4) is 51.1 Å². The molecule has 0 radical (unpaired) electrons. The van der Waals surface area contributed by atoms with E-state index in [0.717, 1.165) is 33.8 Å². The van der Waals surface area contributed by atoms with Crippen LogP contribution >= 0.6 is 0 Å². The van der Waals surface area contributed by atoms with Crippen LogP contribution in [0.4, 0.5) is 0 Å². The zero-order chi connectivity index (χ0) is 21.8. The molecule has 0 saturated heterocycles. The molecule has 4 aromatic rings. The quantitative estimate of drug-likeness (QED) is 0.437. The van der Waals surface area contributed by atoms with E-state index >= 15 is 0 Å². The second kappa shape index (κ2) is 8.79. The van der Waals surface area contributed by atoms with Crippen LogP contribution in [0, 0.1) is 0 Å². The molecule has 1 heterocycles. The fourth-order valence-electron chi connectivity index (χ4n) is 3.43. The maximum absolute atomic E-state index is 5.47. The van der Waals surface area contributed by atoms with E-state index in [-0.39, 0.29) is 0 Å². The topological polar surface area (TPSA) is 67.6 Å². The molecule has 0 aliphatic heterocycles. The molecule has 0 fully saturated rings. The van der Waals surface area contributed by atoms with Crippen molar-refractivity contribution in [2.24, 2.45) is 0 Å². The normalized spacial score (nSPS) is 10.6. The number of hydrogen-bond acceptors (Lipinski definition) is 6. The Kier molecular flexibility index (Phi) is 5.75. The zero-order valence-corrected chi connectivity index (χ0v) is 17.8. The minimum absolute atomic E-state index is 0.527. The third-order valence-corrected chi connectivity index (χ3v) is 5.05. The van der Waals surface area contributed by atoms with E-state index in [1.807, 2.05) is 48.5 Å². The monoisotopic (exact) mass is 417 g/mol. The zero-order valence-electron chi connectivity index (χ0n) is 17.8. The SMILES string of the molecule is COc1ccc(-c2ccc(-c3cnnn3-c3cc(OC)c(OC)c(OC)c3)cc2)cc1. The molecule has 7 nitrogen and oxygen atoms in total. The Bertz CT molecular complexity index is 1140. The molecule has 0 aliphatic carbocycles. The van der Waals surface area contributed by atoms with Gasteiger partial charge in [0, 0.05) is 17.7 Å². The van der Waals surface area contributed by atoms with Crippen molar-refractivity contribution >= 4 is 0 Å². The highest BCUT2D eigenvalue weighted by atomic mass is 16.5. The molecule has 0 amide bonds. The van der Waals surface area contributed by atoms with E-state index in [1.165, 1.54) is 0 Å². The van der Waals surface area contributed by atoms with Crippen molar-refractivity contribution in [1.82, 2.24) is 15.0 Å². The van der Waals surface area contributed by atoms with Gasteiger partial charge in [0.05, 0.1) is 46.0 Å². The van der Waals surface area contributed by atoms with Gasteiger partial charge in [0.2, 0.25) is 5.75 Å². The van der Waals surface area contributed by atoms with Gasteiger partial charge in [-0.25, -0.2) is 4.68 Å². The molecule has 0 N–H and O–H groups in total. The lowest BCUT2D eigenvalue weighted by Crippen LogP contribution is -2.02. The highest BCUT2D eigenvalue weighted by molar-refractivity contribution is 5.70. The van der Waals surface area contributed by atoms with E-state index < -0.39 is 0 Å². The number of hydrogen-bond donors (Lipinski definition) is 0. The molecule has 4 rings (SSSR count). The van der Waals surface area contributed by atoms with Gasteiger partial charge in [-0.2, -0.15) is 0 Å². The van der Waals surface area contributed by atoms with Crippen LogP contribution in [0.1, 0.15) is 0 Å². The van der Waals surface area contributed by atoms with Crippen LogP contribution in [-0.4, -0.2) is 43.4 Å². The summed E-state index contributed by atoms with van der Waals surface area (Å²) in [4.78, 5) is 0. The maximum atomic E-state index is 5.47. The first kappa shape index (κ1) is 20.3. The van der Waals surface area contributed by atoms with Crippen LogP contribution in [0.3, 0.4) is 0 Å². The van der Waals surface area contributed by atoms with Gasteiger partial charge >= 0.3 is 0 Å². The van der Waals surface area contributed by atoms with Crippen molar-refractivity contribution < 1.29 is 18.9 Å². The Morgan fingerprint density at radius 1 is 0.645 bits per heavy atom. The summed E-state index contributed by atoms with van der Waals surface area (Å²) in [5.41, 5.74) is 4.80. The van der Waals surface area contributed by atoms with Crippen LogP contribution < -0.4 is 18.9 Å². The van der Waals surface area contributed by atoms with Crippen molar-refractivity contribution in [1.29, 1.82) is 0 Å². The molecule has 0 aliphatic rings. The lowest BCUT2D eigenvalue weighted by atomic mass is 10.0. The summed E-state index contributed by atoms with van der Waals surface area (Å²) in [5, 5.41) is 8.38. The van der Waals surface area contributed by atoms with Gasteiger partial charge in [-0.05, 0) is 23.3 Å². The molecule has 7 heteroatoms. The second-order valence-electron chi connectivity index (χ2n) is 6.72. The van der Waals surface area contributed by atoms with Crippen molar-refractivity contribution in [3.05, 3.63) is 66.9 Å². The van der Waals surface area contributed by atoms with Gasteiger partial charge in [-0.15, -0.1) is 5.10 Å². The average Bonchev–Trinajstić information content (AvgIpc) is 3.33. The molecule has 0 saturated carbocycles. The van der Waals surface area contributed by atoms with Crippen molar-refractivity contribution in [2.45, 2.75) is 0 Å². The summed E-state index contributed by atoms with van der Waals surface area (Å²) >= 11 is 0. The second-order valence-corrected chi connectivity index (χ2v) is 6.72. The molecule has 1 aromatic heterocycles. The summed E-state index contributed by atoms with van der Waals surface area (Å²) in [6.07, 6.45) is 1.73. The Balaban J connectivity index is 1.70. The lowest BCUT2D eigenvalue weighted by molar-refractivity contribution is 0.324. The fourth-order valence-corrected chi connectivity index (χ4v) is 3.43. The Hall–Kier alpha value is -4.00. The summed E-state index contributed by atoms with van der Waals surface area (Å²) in [5.74, 6) is 2.46. The molecule has 0 unspecified atom stereocenters. The summed E-state index contributed by atoms with van der Waals surface area (Å²) < 4.78 is 23.3. The minimum atomic E-state index is 0.527. The number of methoxy groups -OCH3 is 4. The fraction of sp³-hybridized carbons (Fsp3) is 0.167.